The van der Waals surface area contributed by atoms with E-state index in [9.17, 15) is 19.5 Å². The van der Waals surface area contributed by atoms with Gasteiger partial charge in [0, 0.05) is 25.2 Å². The molecule has 3 atom stereocenters. The summed E-state index contributed by atoms with van der Waals surface area (Å²) in [6.07, 6.45) is 0.285. The Bertz CT molecular complexity index is 997. The van der Waals surface area contributed by atoms with Gasteiger partial charge in [0.05, 0.1) is 18.7 Å². The number of nitrogens with one attached hydrogen (secondary N) is 2. The fraction of sp³-hybridized carbons (Fsp3) is 0.476. The predicted octanol–water partition coefficient (Wildman–Crippen LogP) is 1.13. The molecule has 0 bridgehead atoms. The van der Waals surface area contributed by atoms with Gasteiger partial charge in [-0.3, -0.25) is 19.2 Å². The van der Waals surface area contributed by atoms with E-state index in [1.807, 2.05) is 30.3 Å². The zero-order valence-electron chi connectivity index (χ0n) is 17.8. The Morgan fingerprint density at radius 1 is 1.29 bits per heavy atom. The van der Waals surface area contributed by atoms with E-state index in [0.717, 1.165) is 5.56 Å². The summed E-state index contributed by atoms with van der Waals surface area (Å²) in [6, 6.07) is 9.62. The Morgan fingerprint density at radius 2 is 2.00 bits per heavy atom. The highest BCUT2D eigenvalue weighted by molar-refractivity contribution is 5.68. The summed E-state index contributed by atoms with van der Waals surface area (Å²) in [6.45, 7) is 5.26. The smallest absolute Gasteiger partial charge is 0.408 e. The van der Waals surface area contributed by atoms with Crippen molar-refractivity contribution in [3.63, 3.8) is 0 Å². The minimum absolute atomic E-state index is 0.291. The second-order valence-electron chi connectivity index (χ2n) is 8.38. The molecular formula is C21H28N4O6. The van der Waals surface area contributed by atoms with E-state index in [1.54, 1.807) is 25.8 Å². The summed E-state index contributed by atoms with van der Waals surface area (Å²) in [7, 11) is 0. The highest BCUT2D eigenvalue weighted by Gasteiger charge is 2.40. The number of alkyl carbamates (subject to hydrolysis) is 1. The number of rotatable bonds is 6. The van der Waals surface area contributed by atoms with Crippen LogP contribution in [0.4, 0.5) is 4.79 Å². The molecule has 10 heteroatoms. The third-order valence-electron chi connectivity index (χ3n) is 4.78. The first-order valence-electron chi connectivity index (χ1n) is 10.1. The number of aliphatic hydroxyl groups is 1. The Kier molecular flexibility index (Phi) is 6.94. The maximum atomic E-state index is 12.3. The lowest BCUT2D eigenvalue weighted by Gasteiger charge is -2.30. The van der Waals surface area contributed by atoms with E-state index < -0.39 is 41.3 Å². The monoisotopic (exact) mass is 432 g/mol. The van der Waals surface area contributed by atoms with Gasteiger partial charge in [-0.15, -0.1) is 0 Å². The lowest BCUT2D eigenvalue weighted by Crippen LogP contribution is -2.51. The number of hydrogen-bond acceptors (Lipinski definition) is 7. The van der Waals surface area contributed by atoms with Crippen molar-refractivity contribution in [1.82, 2.24) is 19.9 Å². The minimum Gasteiger partial charge on any atom is -0.444 e. The molecule has 1 saturated heterocycles. The van der Waals surface area contributed by atoms with E-state index in [-0.39, 0.29) is 6.61 Å². The molecule has 0 spiro atoms. The minimum atomic E-state index is -0.715. The third kappa shape index (κ3) is 6.03. The van der Waals surface area contributed by atoms with Crippen LogP contribution >= 0.6 is 0 Å². The number of carbonyl (C=O) groups excluding carboxylic acids is 1. The summed E-state index contributed by atoms with van der Waals surface area (Å²) >= 11 is 0. The van der Waals surface area contributed by atoms with Crippen molar-refractivity contribution in [3.05, 3.63) is 69.0 Å². The number of hydroxylamine groups is 2. The van der Waals surface area contributed by atoms with Gasteiger partial charge < -0.3 is 15.2 Å². The fourth-order valence-electron chi connectivity index (χ4n) is 3.43. The number of hydrogen-bond donors (Lipinski definition) is 3. The summed E-state index contributed by atoms with van der Waals surface area (Å²) < 4.78 is 6.59. The van der Waals surface area contributed by atoms with Crippen LogP contribution in [0.25, 0.3) is 0 Å². The molecule has 1 aromatic carbocycles. The van der Waals surface area contributed by atoms with E-state index >= 15 is 0 Å². The molecule has 168 valence electrons. The van der Waals surface area contributed by atoms with Crippen molar-refractivity contribution in [2.24, 2.45) is 0 Å². The number of ether oxygens (including phenoxy) is 1. The van der Waals surface area contributed by atoms with Gasteiger partial charge in [0.15, 0.2) is 6.23 Å². The van der Waals surface area contributed by atoms with Crippen LogP contribution < -0.4 is 16.6 Å². The second kappa shape index (κ2) is 9.46. The SMILES string of the molecule is CC(C)(C)OC(=O)N[C@@H](CO)[C@@H]1C[C@H](n2ccc(=O)[nH]c2=O)ON1Cc1ccccc1. The van der Waals surface area contributed by atoms with Crippen LogP contribution in [0.15, 0.2) is 52.2 Å². The van der Waals surface area contributed by atoms with Crippen molar-refractivity contribution >= 4 is 6.09 Å². The van der Waals surface area contributed by atoms with Crippen LogP contribution in [0.2, 0.25) is 0 Å². The highest BCUT2D eigenvalue weighted by Crippen LogP contribution is 2.31. The van der Waals surface area contributed by atoms with Gasteiger partial charge in [0.2, 0.25) is 0 Å². The van der Waals surface area contributed by atoms with Gasteiger partial charge >= 0.3 is 11.8 Å². The molecule has 1 fully saturated rings. The number of H-pyrrole nitrogens is 1. The van der Waals surface area contributed by atoms with Gasteiger partial charge in [0.1, 0.15) is 5.60 Å². The lowest BCUT2D eigenvalue weighted by molar-refractivity contribution is -0.194. The van der Waals surface area contributed by atoms with Gasteiger partial charge in [-0.25, -0.2) is 9.59 Å². The highest BCUT2D eigenvalue weighted by atomic mass is 16.7. The van der Waals surface area contributed by atoms with Gasteiger partial charge in [-0.1, -0.05) is 30.3 Å². The summed E-state index contributed by atoms with van der Waals surface area (Å²) in [5.41, 5.74) is -0.836. The van der Waals surface area contributed by atoms with Gasteiger partial charge in [-0.2, -0.15) is 5.06 Å². The molecule has 1 amide bonds. The number of benzene rings is 1. The van der Waals surface area contributed by atoms with E-state index in [2.05, 4.69) is 10.3 Å². The van der Waals surface area contributed by atoms with Crippen LogP contribution in [-0.4, -0.2) is 50.1 Å². The third-order valence-corrected chi connectivity index (χ3v) is 4.78. The van der Waals surface area contributed by atoms with Crippen LogP contribution in [0.1, 0.15) is 39.0 Å². The fourth-order valence-corrected chi connectivity index (χ4v) is 3.43. The summed E-state index contributed by atoms with van der Waals surface area (Å²) in [5.74, 6) is 0. The first-order valence-corrected chi connectivity index (χ1v) is 10.1. The van der Waals surface area contributed by atoms with Crippen molar-refractivity contribution in [2.45, 2.75) is 57.6 Å². The van der Waals surface area contributed by atoms with E-state index in [1.165, 1.54) is 16.8 Å². The molecule has 0 unspecified atom stereocenters. The quantitative estimate of drug-likeness (QED) is 0.625. The summed E-state index contributed by atoms with van der Waals surface area (Å²) in [4.78, 5) is 44.2. The normalized spacial score (nSPS) is 20.4. The Balaban J connectivity index is 1.84. The Hall–Kier alpha value is -2.95. The maximum Gasteiger partial charge on any atom is 0.408 e. The number of amides is 1. The zero-order valence-corrected chi connectivity index (χ0v) is 17.8. The standard InChI is InChI=1S/C21H28N4O6/c1-21(2,3)30-20(29)22-15(13-26)16-11-18(24-10-9-17(27)23-19(24)28)31-25(16)12-14-7-5-4-6-8-14/h4-10,15-16,18,26H,11-13H2,1-3H3,(H,22,29)(H,23,27,28)/t15-,16-,18+/m0/s1. The predicted molar refractivity (Wildman–Crippen MR) is 112 cm³/mol. The van der Waals surface area contributed by atoms with Crippen LogP contribution in [0, 0.1) is 0 Å². The molecule has 0 saturated carbocycles. The number of nitrogens with zero attached hydrogens (tertiary/aromatic N) is 2. The van der Waals surface area contributed by atoms with Crippen LogP contribution in [-0.2, 0) is 16.1 Å². The maximum absolute atomic E-state index is 12.3. The molecule has 0 radical (unpaired) electrons. The van der Waals surface area contributed by atoms with E-state index in [4.69, 9.17) is 9.57 Å². The number of aromatic nitrogens is 2. The first kappa shape index (κ1) is 22.7. The zero-order chi connectivity index (χ0) is 22.6. The number of aromatic amines is 1. The average Bonchev–Trinajstić information content (AvgIpc) is 3.08. The largest absolute Gasteiger partial charge is 0.444 e. The van der Waals surface area contributed by atoms with Crippen molar-refractivity contribution in [1.29, 1.82) is 0 Å². The molecule has 1 aliphatic heterocycles. The van der Waals surface area contributed by atoms with Crippen LogP contribution in [0.5, 0.6) is 0 Å². The molecule has 2 aromatic rings. The molecule has 0 aliphatic carbocycles. The molecule has 1 aliphatic rings. The number of carbonyl (C=O) groups is 1. The van der Waals surface area contributed by atoms with Crippen molar-refractivity contribution in [3.8, 4) is 0 Å². The number of aliphatic hydroxyl groups excluding tert-OH is 1. The summed E-state index contributed by atoms with van der Waals surface area (Å²) in [5, 5.41) is 14.3. The van der Waals surface area contributed by atoms with Gasteiger partial charge in [0.25, 0.3) is 5.56 Å². The van der Waals surface area contributed by atoms with Crippen molar-refractivity contribution < 1.29 is 19.5 Å². The lowest BCUT2D eigenvalue weighted by atomic mass is 10.0. The second-order valence-corrected chi connectivity index (χ2v) is 8.38. The van der Waals surface area contributed by atoms with Crippen molar-refractivity contribution in [2.75, 3.05) is 6.61 Å². The molecule has 2 heterocycles. The molecule has 3 N–H and O–H groups in total. The molecule has 1 aromatic heterocycles. The Labute approximate surface area is 179 Å². The first-order chi connectivity index (χ1) is 14.7. The average molecular weight is 432 g/mol. The molecule has 3 rings (SSSR count). The Morgan fingerprint density at radius 3 is 2.61 bits per heavy atom. The topological polar surface area (TPSA) is 126 Å². The van der Waals surface area contributed by atoms with E-state index in [0.29, 0.717) is 13.0 Å². The molecule has 10 nitrogen and oxygen atoms in total. The van der Waals surface area contributed by atoms with Gasteiger partial charge in [-0.05, 0) is 26.3 Å². The molecule has 31 heavy (non-hydrogen) atoms. The van der Waals surface area contributed by atoms with Crippen LogP contribution in [0.3, 0.4) is 0 Å². The molecular weight excluding hydrogens is 404 g/mol.